The zero-order valence-corrected chi connectivity index (χ0v) is 11.2. The van der Waals surface area contributed by atoms with E-state index in [-0.39, 0.29) is 17.6 Å². The standard InChI is InChI=1S/C16H18FNO/c1-12(18-11-13-6-4-3-5-7-13)14-8-9-16(19-2)15(17)10-14/h3-10,12,18H,11H2,1-2H3/t12-/m1/s1. The quantitative estimate of drug-likeness (QED) is 0.884. The van der Waals surface area contributed by atoms with Gasteiger partial charge in [-0.1, -0.05) is 36.4 Å². The van der Waals surface area contributed by atoms with Crippen LogP contribution < -0.4 is 10.1 Å². The van der Waals surface area contributed by atoms with Gasteiger partial charge in [0.25, 0.3) is 0 Å². The smallest absolute Gasteiger partial charge is 0.165 e. The summed E-state index contributed by atoms with van der Waals surface area (Å²) in [5, 5.41) is 3.37. The predicted molar refractivity (Wildman–Crippen MR) is 74.6 cm³/mol. The van der Waals surface area contributed by atoms with Crippen molar-refractivity contribution in [2.75, 3.05) is 7.11 Å². The van der Waals surface area contributed by atoms with Gasteiger partial charge in [0.15, 0.2) is 11.6 Å². The number of ether oxygens (including phenoxy) is 1. The molecule has 0 fully saturated rings. The molecule has 2 nitrogen and oxygen atoms in total. The SMILES string of the molecule is COc1ccc([C@@H](C)NCc2ccccc2)cc1F. The van der Waals surface area contributed by atoms with Crippen molar-refractivity contribution in [3.63, 3.8) is 0 Å². The Hall–Kier alpha value is -1.87. The molecule has 0 heterocycles. The maximum absolute atomic E-state index is 13.6. The summed E-state index contributed by atoms with van der Waals surface area (Å²) in [6, 6.07) is 15.3. The zero-order chi connectivity index (χ0) is 13.7. The third kappa shape index (κ3) is 3.55. The summed E-state index contributed by atoms with van der Waals surface area (Å²) in [6.07, 6.45) is 0. The molecule has 1 atom stereocenters. The first kappa shape index (κ1) is 13.6. The Morgan fingerprint density at radius 3 is 2.53 bits per heavy atom. The summed E-state index contributed by atoms with van der Waals surface area (Å²) in [5.74, 6) is -0.0487. The third-order valence-corrected chi connectivity index (χ3v) is 3.13. The van der Waals surface area contributed by atoms with Crippen LogP contribution in [0.15, 0.2) is 48.5 Å². The van der Waals surface area contributed by atoms with E-state index < -0.39 is 0 Å². The van der Waals surface area contributed by atoms with Crippen molar-refractivity contribution in [1.82, 2.24) is 5.32 Å². The van der Waals surface area contributed by atoms with Crippen molar-refractivity contribution >= 4 is 0 Å². The molecule has 0 aliphatic carbocycles. The van der Waals surface area contributed by atoms with Crippen LogP contribution in [0.4, 0.5) is 4.39 Å². The van der Waals surface area contributed by atoms with E-state index in [0.29, 0.717) is 0 Å². The number of benzene rings is 2. The number of nitrogens with one attached hydrogen (secondary N) is 1. The molecular formula is C16H18FNO. The zero-order valence-electron chi connectivity index (χ0n) is 11.2. The number of rotatable bonds is 5. The fraction of sp³-hybridized carbons (Fsp3) is 0.250. The molecule has 0 aromatic heterocycles. The van der Waals surface area contributed by atoms with Crippen LogP contribution in [-0.2, 0) is 6.54 Å². The monoisotopic (exact) mass is 259 g/mol. The van der Waals surface area contributed by atoms with Crippen LogP contribution in [0.2, 0.25) is 0 Å². The first-order valence-electron chi connectivity index (χ1n) is 6.31. The van der Waals surface area contributed by atoms with Gasteiger partial charge in [-0.25, -0.2) is 4.39 Å². The molecule has 2 aromatic rings. The molecule has 0 saturated carbocycles. The number of hydrogen-bond acceptors (Lipinski definition) is 2. The Balaban J connectivity index is 2.00. The van der Waals surface area contributed by atoms with Crippen molar-refractivity contribution in [2.45, 2.75) is 19.5 Å². The van der Waals surface area contributed by atoms with Gasteiger partial charge >= 0.3 is 0 Å². The van der Waals surface area contributed by atoms with Crippen LogP contribution in [-0.4, -0.2) is 7.11 Å². The van der Waals surface area contributed by atoms with Gasteiger partial charge in [0, 0.05) is 12.6 Å². The van der Waals surface area contributed by atoms with Crippen LogP contribution in [0.25, 0.3) is 0 Å². The van der Waals surface area contributed by atoms with Crippen molar-refractivity contribution < 1.29 is 9.13 Å². The third-order valence-electron chi connectivity index (χ3n) is 3.13. The van der Waals surface area contributed by atoms with Gasteiger partial charge in [0.2, 0.25) is 0 Å². The lowest BCUT2D eigenvalue weighted by atomic mass is 10.1. The van der Waals surface area contributed by atoms with Crippen LogP contribution in [0.1, 0.15) is 24.1 Å². The highest BCUT2D eigenvalue weighted by molar-refractivity contribution is 5.30. The normalized spacial score (nSPS) is 12.2. The molecule has 0 radical (unpaired) electrons. The van der Waals surface area contributed by atoms with E-state index in [4.69, 9.17) is 4.74 Å². The van der Waals surface area contributed by atoms with Gasteiger partial charge in [-0.15, -0.1) is 0 Å². The van der Waals surface area contributed by atoms with Crippen molar-refractivity contribution in [1.29, 1.82) is 0 Å². The second-order valence-electron chi connectivity index (χ2n) is 4.48. The van der Waals surface area contributed by atoms with E-state index in [2.05, 4.69) is 17.4 Å². The van der Waals surface area contributed by atoms with Gasteiger partial charge in [-0.3, -0.25) is 0 Å². The summed E-state index contributed by atoms with van der Waals surface area (Å²) in [4.78, 5) is 0. The molecule has 0 spiro atoms. The van der Waals surface area contributed by atoms with Crippen molar-refractivity contribution in [2.24, 2.45) is 0 Å². The second kappa shape index (κ2) is 6.34. The summed E-state index contributed by atoms with van der Waals surface area (Å²) in [7, 11) is 1.47. The largest absolute Gasteiger partial charge is 0.494 e. The fourth-order valence-electron chi connectivity index (χ4n) is 1.94. The van der Waals surface area contributed by atoms with Gasteiger partial charge in [0.1, 0.15) is 0 Å². The minimum atomic E-state index is -0.326. The van der Waals surface area contributed by atoms with E-state index in [9.17, 15) is 4.39 Å². The first-order valence-corrected chi connectivity index (χ1v) is 6.31. The first-order chi connectivity index (χ1) is 9.20. The Bertz CT molecular complexity index is 528. The van der Waals surface area contributed by atoms with Crippen LogP contribution in [0, 0.1) is 5.82 Å². The highest BCUT2D eigenvalue weighted by Gasteiger charge is 2.09. The van der Waals surface area contributed by atoms with Gasteiger partial charge in [0.05, 0.1) is 7.11 Å². The van der Waals surface area contributed by atoms with E-state index in [1.165, 1.54) is 18.7 Å². The Labute approximate surface area is 113 Å². The minimum Gasteiger partial charge on any atom is -0.494 e. The molecule has 0 unspecified atom stereocenters. The highest BCUT2D eigenvalue weighted by Crippen LogP contribution is 2.21. The Morgan fingerprint density at radius 1 is 1.16 bits per heavy atom. The van der Waals surface area contributed by atoms with Gasteiger partial charge < -0.3 is 10.1 Å². The summed E-state index contributed by atoms with van der Waals surface area (Å²) < 4.78 is 18.5. The molecule has 19 heavy (non-hydrogen) atoms. The summed E-state index contributed by atoms with van der Waals surface area (Å²) in [5.41, 5.74) is 2.12. The van der Waals surface area contributed by atoms with Crippen LogP contribution in [0.5, 0.6) is 5.75 Å². The molecular weight excluding hydrogens is 241 g/mol. The van der Waals surface area contributed by atoms with Crippen LogP contribution >= 0.6 is 0 Å². The molecule has 2 aromatic carbocycles. The molecule has 1 N–H and O–H groups in total. The predicted octanol–water partition coefficient (Wildman–Crippen LogP) is 3.69. The van der Waals surface area contributed by atoms with E-state index >= 15 is 0 Å². The van der Waals surface area contributed by atoms with Crippen molar-refractivity contribution in [3.8, 4) is 5.75 Å². The lowest BCUT2D eigenvalue weighted by Gasteiger charge is -2.15. The molecule has 100 valence electrons. The second-order valence-corrected chi connectivity index (χ2v) is 4.48. The van der Waals surface area contributed by atoms with E-state index in [1.807, 2.05) is 31.2 Å². The molecule has 0 saturated heterocycles. The molecule has 0 amide bonds. The van der Waals surface area contributed by atoms with Gasteiger partial charge in [-0.2, -0.15) is 0 Å². The lowest BCUT2D eigenvalue weighted by Crippen LogP contribution is -2.18. The molecule has 0 aliphatic rings. The van der Waals surface area contributed by atoms with Crippen LogP contribution in [0.3, 0.4) is 0 Å². The average molecular weight is 259 g/mol. The maximum Gasteiger partial charge on any atom is 0.165 e. The maximum atomic E-state index is 13.6. The molecule has 0 bridgehead atoms. The molecule has 2 rings (SSSR count). The average Bonchev–Trinajstić information content (AvgIpc) is 2.45. The highest BCUT2D eigenvalue weighted by atomic mass is 19.1. The fourth-order valence-corrected chi connectivity index (χ4v) is 1.94. The lowest BCUT2D eigenvalue weighted by molar-refractivity contribution is 0.385. The van der Waals surface area contributed by atoms with Crippen molar-refractivity contribution in [3.05, 3.63) is 65.5 Å². The Kier molecular flexibility index (Phi) is 4.53. The number of hydrogen-bond donors (Lipinski definition) is 1. The minimum absolute atomic E-state index is 0.0839. The van der Waals surface area contributed by atoms with E-state index in [1.54, 1.807) is 6.07 Å². The number of halogens is 1. The van der Waals surface area contributed by atoms with E-state index in [0.717, 1.165) is 12.1 Å². The topological polar surface area (TPSA) is 21.3 Å². The summed E-state index contributed by atoms with van der Waals surface area (Å²) >= 11 is 0. The molecule has 0 aliphatic heterocycles. The molecule has 3 heteroatoms. The number of methoxy groups -OCH3 is 1. The van der Waals surface area contributed by atoms with Gasteiger partial charge in [-0.05, 0) is 30.2 Å². The Morgan fingerprint density at radius 2 is 1.89 bits per heavy atom. The summed E-state index contributed by atoms with van der Waals surface area (Å²) in [6.45, 7) is 2.78.